The fourth-order valence-electron chi connectivity index (χ4n) is 1.09. The maximum absolute atomic E-state index is 11.6. The van der Waals surface area contributed by atoms with E-state index in [1.54, 1.807) is 0 Å². The Kier molecular flexibility index (Phi) is 8.61. The van der Waals surface area contributed by atoms with Gasteiger partial charge in [0.25, 0.3) is 11.8 Å². The summed E-state index contributed by atoms with van der Waals surface area (Å²) in [6.45, 7) is 8.13. The van der Waals surface area contributed by atoms with E-state index in [2.05, 4.69) is 13.2 Å². The number of unbranched alkanes of at least 4 members (excludes halogenated alkanes) is 1. The topological polar surface area (TPSA) is 83.9 Å². The van der Waals surface area contributed by atoms with Crippen LogP contribution in [0.3, 0.4) is 0 Å². The molecule has 0 aliphatic rings. The number of aliphatic hydroxyl groups excluding tert-OH is 1. The van der Waals surface area contributed by atoms with Crippen molar-refractivity contribution in [3.05, 3.63) is 37.0 Å². The molecule has 0 fully saturated rings. The first-order chi connectivity index (χ1) is 9.47. The Bertz CT molecular complexity index is 425. The number of amides is 2. The summed E-state index contributed by atoms with van der Waals surface area (Å²) in [5, 5.41) is 8.90. The van der Waals surface area contributed by atoms with E-state index in [1.165, 1.54) is 0 Å². The van der Waals surface area contributed by atoms with Gasteiger partial charge in [-0.25, -0.2) is 4.79 Å². The first kappa shape index (κ1) is 17.8. The Morgan fingerprint density at radius 3 is 2.40 bits per heavy atom. The summed E-state index contributed by atoms with van der Waals surface area (Å²) in [6.07, 6.45) is 4.63. The number of ether oxygens (including phenoxy) is 1. The van der Waals surface area contributed by atoms with Crippen molar-refractivity contribution >= 4 is 17.8 Å². The number of rotatable bonds is 8. The number of nitrogens with zero attached hydrogens (tertiary/aromatic N) is 1. The third-order valence-corrected chi connectivity index (χ3v) is 2.27. The second-order valence-corrected chi connectivity index (χ2v) is 3.80. The normalized spacial score (nSPS) is 10.1. The highest BCUT2D eigenvalue weighted by atomic mass is 16.5. The summed E-state index contributed by atoms with van der Waals surface area (Å²) in [7, 11) is 0. The van der Waals surface area contributed by atoms with Crippen molar-refractivity contribution in [2.24, 2.45) is 0 Å². The van der Waals surface area contributed by atoms with E-state index in [-0.39, 0.29) is 12.2 Å². The van der Waals surface area contributed by atoms with Crippen LogP contribution in [0.5, 0.6) is 0 Å². The molecule has 110 valence electrons. The van der Waals surface area contributed by atoms with Crippen LogP contribution in [0.2, 0.25) is 0 Å². The molecule has 6 nitrogen and oxygen atoms in total. The fraction of sp³-hybridized carbons (Fsp3) is 0.357. The Morgan fingerprint density at radius 1 is 1.25 bits per heavy atom. The molecule has 0 spiro atoms. The molecule has 2 amide bonds. The molecule has 0 saturated carbocycles. The van der Waals surface area contributed by atoms with E-state index in [9.17, 15) is 14.4 Å². The van der Waals surface area contributed by atoms with Crippen molar-refractivity contribution in [3.8, 4) is 0 Å². The Hall–Kier alpha value is -2.21. The molecule has 0 heterocycles. The lowest BCUT2D eigenvalue weighted by Gasteiger charge is -2.13. The zero-order chi connectivity index (χ0) is 15.5. The quantitative estimate of drug-likeness (QED) is 0.235. The minimum absolute atomic E-state index is 0.0154. The van der Waals surface area contributed by atoms with Gasteiger partial charge in [0, 0.05) is 6.08 Å². The average Bonchev–Trinajstić information content (AvgIpc) is 2.45. The summed E-state index contributed by atoms with van der Waals surface area (Å²) in [6, 6.07) is 0. The second-order valence-electron chi connectivity index (χ2n) is 3.80. The zero-order valence-electron chi connectivity index (χ0n) is 11.5. The number of hydrogen-bond acceptors (Lipinski definition) is 5. The molecule has 0 aromatic rings. The van der Waals surface area contributed by atoms with Crippen LogP contribution >= 0.6 is 0 Å². The van der Waals surface area contributed by atoms with Crippen LogP contribution in [0.15, 0.2) is 37.0 Å². The van der Waals surface area contributed by atoms with Crippen molar-refractivity contribution in [2.45, 2.75) is 19.8 Å². The number of carbonyl (C=O) groups excluding carboxylic acids is 3. The maximum Gasteiger partial charge on any atom is 0.337 e. The molecular formula is C14H19NO5. The summed E-state index contributed by atoms with van der Waals surface area (Å²) in [4.78, 5) is 34.8. The molecule has 0 rings (SSSR count). The van der Waals surface area contributed by atoms with E-state index in [0.29, 0.717) is 4.90 Å². The summed E-state index contributed by atoms with van der Waals surface area (Å²) >= 11 is 0. The summed E-state index contributed by atoms with van der Waals surface area (Å²) in [5.74, 6) is -2.15. The van der Waals surface area contributed by atoms with E-state index in [4.69, 9.17) is 9.84 Å². The molecule has 0 aromatic heterocycles. The van der Waals surface area contributed by atoms with E-state index in [1.807, 2.05) is 6.92 Å². The lowest BCUT2D eigenvalue weighted by Crippen LogP contribution is -2.35. The van der Waals surface area contributed by atoms with Gasteiger partial charge in [-0.15, -0.1) is 0 Å². The third-order valence-electron chi connectivity index (χ3n) is 2.27. The second kappa shape index (κ2) is 9.69. The van der Waals surface area contributed by atoms with Crippen molar-refractivity contribution < 1.29 is 24.2 Å². The Balaban J connectivity index is 4.49. The highest BCUT2D eigenvalue weighted by Gasteiger charge is 2.15. The van der Waals surface area contributed by atoms with Crippen LogP contribution in [0, 0.1) is 0 Å². The zero-order valence-corrected chi connectivity index (χ0v) is 11.5. The van der Waals surface area contributed by atoms with Crippen LogP contribution < -0.4 is 0 Å². The Morgan fingerprint density at radius 2 is 1.90 bits per heavy atom. The van der Waals surface area contributed by atoms with Crippen LogP contribution in [-0.2, 0) is 19.1 Å². The number of aliphatic hydroxyl groups is 1. The molecular weight excluding hydrogens is 262 g/mol. The smallest absolute Gasteiger partial charge is 0.337 e. The molecule has 0 aromatic carbocycles. The minimum Gasteiger partial charge on any atom is -0.462 e. The number of esters is 1. The maximum atomic E-state index is 11.6. The lowest BCUT2D eigenvalue weighted by atomic mass is 10.2. The van der Waals surface area contributed by atoms with Gasteiger partial charge in [-0.2, -0.15) is 0 Å². The molecule has 20 heavy (non-hydrogen) atoms. The molecule has 0 atom stereocenters. The number of imide groups is 1. The molecule has 0 aliphatic heterocycles. The van der Waals surface area contributed by atoms with Gasteiger partial charge >= 0.3 is 5.97 Å². The standard InChI is InChI=1S/C14H19NO5/c1-4-6-9-20-14(19)11(3)7-8-13(18)15(10-16)12(17)5-2/h5,7-8,16H,2-4,6,9-10H2,1H3. The number of carbonyl (C=O) groups is 3. The van der Waals surface area contributed by atoms with Crippen LogP contribution in [0.4, 0.5) is 0 Å². The Labute approximate surface area is 118 Å². The molecule has 0 aliphatic carbocycles. The molecule has 0 bridgehead atoms. The van der Waals surface area contributed by atoms with E-state index < -0.39 is 24.5 Å². The van der Waals surface area contributed by atoms with Crippen molar-refractivity contribution in [2.75, 3.05) is 13.3 Å². The first-order valence-corrected chi connectivity index (χ1v) is 6.10. The third kappa shape index (κ3) is 6.10. The predicted molar refractivity (Wildman–Crippen MR) is 73.3 cm³/mol. The van der Waals surface area contributed by atoms with Gasteiger partial charge in [0.05, 0.1) is 12.2 Å². The van der Waals surface area contributed by atoms with Crippen molar-refractivity contribution in [1.29, 1.82) is 0 Å². The molecule has 6 heteroatoms. The van der Waals surface area contributed by atoms with Gasteiger partial charge in [0.15, 0.2) is 0 Å². The van der Waals surface area contributed by atoms with Crippen LogP contribution in [-0.4, -0.2) is 41.1 Å². The minimum atomic E-state index is -0.778. The highest BCUT2D eigenvalue weighted by molar-refractivity contribution is 6.05. The molecule has 0 saturated heterocycles. The van der Waals surface area contributed by atoms with Gasteiger partial charge in [-0.1, -0.05) is 26.5 Å². The average molecular weight is 281 g/mol. The molecule has 0 unspecified atom stereocenters. The first-order valence-electron chi connectivity index (χ1n) is 6.10. The highest BCUT2D eigenvalue weighted by Crippen LogP contribution is 2.01. The van der Waals surface area contributed by atoms with Gasteiger partial charge in [-0.05, 0) is 18.6 Å². The van der Waals surface area contributed by atoms with Gasteiger partial charge in [0.2, 0.25) is 0 Å². The van der Waals surface area contributed by atoms with E-state index >= 15 is 0 Å². The summed E-state index contributed by atoms with van der Waals surface area (Å²) in [5.41, 5.74) is -0.0154. The van der Waals surface area contributed by atoms with Gasteiger partial charge in [0.1, 0.15) is 6.73 Å². The van der Waals surface area contributed by atoms with Crippen LogP contribution in [0.25, 0.3) is 0 Å². The van der Waals surface area contributed by atoms with E-state index in [0.717, 1.165) is 31.1 Å². The van der Waals surface area contributed by atoms with Gasteiger partial charge < -0.3 is 9.84 Å². The molecule has 0 radical (unpaired) electrons. The van der Waals surface area contributed by atoms with Gasteiger partial charge in [-0.3, -0.25) is 14.5 Å². The van der Waals surface area contributed by atoms with Crippen molar-refractivity contribution in [3.63, 3.8) is 0 Å². The van der Waals surface area contributed by atoms with Crippen LogP contribution in [0.1, 0.15) is 19.8 Å². The lowest BCUT2D eigenvalue weighted by molar-refractivity contribution is -0.142. The summed E-state index contributed by atoms with van der Waals surface area (Å²) < 4.78 is 4.88. The molecule has 1 N–H and O–H groups in total. The predicted octanol–water partition coefficient (Wildman–Crippen LogP) is 0.933. The SMILES string of the molecule is C=CC(=O)N(CO)C(=O)C=CC(=C)C(=O)OCCCC. The largest absolute Gasteiger partial charge is 0.462 e. The fourth-order valence-corrected chi connectivity index (χ4v) is 1.09. The monoisotopic (exact) mass is 281 g/mol. The number of hydrogen-bond donors (Lipinski definition) is 1. The van der Waals surface area contributed by atoms with Crippen molar-refractivity contribution in [1.82, 2.24) is 4.90 Å².